The van der Waals surface area contributed by atoms with Crippen LogP contribution >= 0.6 is 0 Å². The van der Waals surface area contributed by atoms with Gasteiger partial charge in [-0.1, -0.05) is 34.1 Å². The lowest BCUT2D eigenvalue weighted by molar-refractivity contribution is -0.156. The summed E-state index contributed by atoms with van der Waals surface area (Å²) in [6.45, 7) is 29.3. The Kier molecular flexibility index (Phi) is 28.0. The second kappa shape index (κ2) is 34.9. The molecule has 0 spiro atoms. The van der Waals surface area contributed by atoms with E-state index in [4.69, 9.17) is 55.0 Å². The fourth-order valence-corrected chi connectivity index (χ4v) is 10.4. The topological polar surface area (TPSA) is 278 Å². The smallest absolute Gasteiger partial charge is 0.410 e. The van der Waals surface area contributed by atoms with Crippen LogP contribution in [0, 0.1) is 0 Å². The number of benzene rings is 2. The number of rotatable bonds is 32. The normalized spacial score (nSPS) is 14.4. The third kappa shape index (κ3) is 22.4. The number of nitrogens with zero attached hydrogens (tertiary/aromatic N) is 9. The van der Waals surface area contributed by atoms with Crippen molar-refractivity contribution in [3.05, 3.63) is 48.0 Å². The molecule has 2 saturated heterocycles. The minimum Gasteiger partial charge on any atom is -0.481 e. The number of ether oxygens (including phenoxy) is 6. The van der Waals surface area contributed by atoms with Gasteiger partial charge in [-0.3, -0.25) is 19.4 Å². The second-order valence-corrected chi connectivity index (χ2v) is 24.5. The van der Waals surface area contributed by atoms with Crippen molar-refractivity contribution >= 4 is 84.9 Å². The number of amides is 1. The van der Waals surface area contributed by atoms with E-state index in [2.05, 4.69) is 83.7 Å². The first-order chi connectivity index (χ1) is 41.8. The standard InChI is InChI=1S/C36H57N7O6.C28H42N6O4.CH4/c1-8-9-10-29-39-31-27-25-26(11-12-28(27)38-33(37)32(31)40-29)42-16-14-41(15-17-42)18-22-47-24-20-43(34(45)49-36(5,6)7)19-23-46-21-13-30(44)48-35(2,3)4;1-2-3-7-24-31-26-22-20-21(8-9-23(22)30-28(29)27(26)32-24)34-13-11-33(12-14-34)15-19-38-17-6-4-5-16-37-18-10-25(35)36;/h11-12,25H,8-10,13-24H2,1-7H3,(H2,37,38)(H,39,40);8-9,20H,2-7,10-19H2,1H3,(H2,29,30)(H,31,32)(H,35,36);1H4. The Morgan fingerprint density at radius 3 is 1.43 bits per heavy atom. The molecule has 8 rings (SSSR count). The van der Waals surface area contributed by atoms with Gasteiger partial charge in [-0.25, -0.2) is 24.7 Å². The van der Waals surface area contributed by atoms with Crippen LogP contribution in [0.4, 0.5) is 27.8 Å². The molecule has 2 aromatic carbocycles. The van der Waals surface area contributed by atoms with Crippen LogP contribution in [-0.2, 0) is 50.9 Å². The number of aryl methyl sites for hydroxylation is 2. The summed E-state index contributed by atoms with van der Waals surface area (Å²) in [6, 6.07) is 12.8. The molecule has 23 nitrogen and oxygen atoms in total. The second-order valence-electron chi connectivity index (χ2n) is 24.5. The van der Waals surface area contributed by atoms with Gasteiger partial charge in [-0.2, -0.15) is 0 Å². The Hall–Kier alpha value is -6.63. The van der Waals surface area contributed by atoms with Crippen molar-refractivity contribution in [2.45, 2.75) is 145 Å². The molecule has 0 aliphatic carbocycles. The van der Waals surface area contributed by atoms with Gasteiger partial charge in [-0.15, -0.1) is 0 Å². The summed E-state index contributed by atoms with van der Waals surface area (Å²) in [7, 11) is 0. The number of nitrogen functional groups attached to an aromatic ring is 2. The Morgan fingerprint density at radius 2 is 0.989 bits per heavy atom. The van der Waals surface area contributed by atoms with Gasteiger partial charge in [0.05, 0.1) is 63.5 Å². The number of carbonyl (C=O) groups is 3. The Morgan fingerprint density at radius 1 is 0.557 bits per heavy atom. The lowest BCUT2D eigenvalue weighted by Gasteiger charge is -2.36. The maximum absolute atomic E-state index is 12.8. The van der Waals surface area contributed by atoms with E-state index < -0.39 is 23.3 Å². The van der Waals surface area contributed by atoms with Crippen molar-refractivity contribution in [2.75, 3.05) is 153 Å². The monoisotopic (exact) mass is 1230 g/mol. The minimum absolute atomic E-state index is 0. The van der Waals surface area contributed by atoms with Crippen LogP contribution in [0.1, 0.15) is 132 Å². The molecule has 2 aliphatic heterocycles. The van der Waals surface area contributed by atoms with Crippen LogP contribution < -0.4 is 21.3 Å². The summed E-state index contributed by atoms with van der Waals surface area (Å²) in [4.78, 5) is 72.3. The van der Waals surface area contributed by atoms with E-state index in [1.54, 1.807) is 4.90 Å². The first-order valence-electron chi connectivity index (χ1n) is 31.6. The fraction of sp³-hybridized carbons (Fsp3) is 0.646. The SMILES string of the molecule is C.CCCCc1nc2c([nH]1)c(N)nc1ccc(N3CCN(CCOCCCCCOCCC(=O)O)CC3)cc12.CCCCc1nc2c([nH]1)c(N)nc1ccc(N3CCN(CCOCCN(CCOCCC(=O)OC(C)(C)C)C(=O)OC(C)(C)C)CC3)cc12. The number of aromatic nitrogens is 6. The number of carboxylic acids is 1. The van der Waals surface area contributed by atoms with Gasteiger partial charge >= 0.3 is 18.0 Å². The number of piperazine rings is 2. The molecule has 0 atom stereocenters. The van der Waals surface area contributed by atoms with E-state index in [1.807, 2.05) is 47.6 Å². The predicted molar refractivity (Wildman–Crippen MR) is 351 cm³/mol. The minimum atomic E-state index is -0.816. The first-order valence-corrected chi connectivity index (χ1v) is 31.6. The lowest BCUT2D eigenvalue weighted by atomic mass is 10.1. The zero-order valence-corrected chi connectivity index (χ0v) is 53.2. The van der Waals surface area contributed by atoms with E-state index in [1.165, 1.54) is 5.69 Å². The van der Waals surface area contributed by atoms with Crippen molar-refractivity contribution in [3.8, 4) is 0 Å². The van der Waals surface area contributed by atoms with Crippen molar-refractivity contribution in [3.63, 3.8) is 0 Å². The molecule has 2 aliphatic rings. The summed E-state index contributed by atoms with van der Waals surface area (Å²) in [5.41, 5.74) is 18.9. The summed E-state index contributed by atoms with van der Waals surface area (Å²) in [5, 5.41) is 10.6. The molecule has 0 unspecified atom stereocenters. The van der Waals surface area contributed by atoms with E-state index in [9.17, 15) is 14.4 Å². The molecule has 0 bridgehead atoms. The number of nitrogens with one attached hydrogen (secondary N) is 2. The third-order valence-corrected chi connectivity index (χ3v) is 15.2. The number of pyridine rings is 2. The average molecular weight is 1230 g/mol. The van der Waals surface area contributed by atoms with Gasteiger partial charge in [0.2, 0.25) is 0 Å². The molecule has 0 saturated carbocycles. The quantitative estimate of drug-likeness (QED) is 0.0194. The number of aliphatic carboxylic acids is 1. The number of fused-ring (bicyclic) bond motifs is 6. The molecule has 1 amide bonds. The maximum Gasteiger partial charge on any atom is 0.410 e. The first kappa shape index (κ1) is 70.5. The lowest BCUT2D eigenvalue weighted by Crippen LogP contribution is -2.47. The number of hydrogen-bond donors (Lipinski definition) is 5. The zero-order chi connectivity index (χ0) is 62.3. The predicted octanol–water partition coefficient (Wildman–Crippen LogP) is 9.63. The van der Waals surface area contributed by atoms with Crippen LogP contribution in [0.2, 0.25) is 0 Å². The summed E-state index contributed by atoms with van der Waals surface area (Å²) in [6.07, 6.45) is 9.01. The Labute approximate surface area is 520 Å². The number of aromatic amines is 2. The number of nitrogens with two attached hydrogens (primary N) is 2. The molecule has 4 aromatic heterocycles. The molecule has 2 fully saturated rings. The molecule has 488 valence electrons. The van der Waals surface area contributed by atoms with Crippen molar-refractivity contribution in [1.82, 2.24) is 44.6 Å². The highest BCUT2D eigenvalue weighted by atomic mass is 16.6. The van der Waals surface area contributed by atoms with E-state index in [0.717, 1.165) is 198 Å². The van der Waals surface area contributed by atoms with Crippen LogP contribution in [0.25, 0.3) is 43.9 Å². The Balaban J connectivity index is 0.000000286. The number of carboxylic acid groups (broad SMARTS) is 1. The highest BCUT2D eigenvalue weighted by Gasteiger charge is 2.25. The molecule has 6 aromatic rings. The number of esters is 1. The van der Waals surface area contributed by atoms with Crippen LogP contribution in [0.15, 0.2) is 36.4 Å². The van der Waals surface area contributed by atoms with Gasteiger partial charge in [0.15, 0.2) is 0 Å². The molecule has 7 N–H and O–H groups in total. The highest BCUT2D eigenvalue weighted by molar-refractivity contribution is 6.08. The van der Waals surface area contributed by atoms with Gasteiger partial charge in [-0.05, 0) is 110 Å². The van der Waals surface area contributed by atoms with Crippen molar-refractivity contribution < 1.29 is 47.9 Å². The van der Waals surface area contributed by atoms with Crippen LogP contribution in [-0.4, -0.2) is 210 Å². The van der Waals surface area contributed by atoms with E-state index >= 15 is 0 Å². The maximum atomic E-state index is 12.8. The molecular weight excluding hydrogens is 1120 g/mol. The fourth-order valence-electron chi connectivity index (χ4n) is 10.4. The van der Waals surface area contributed by atoms with E-state index in [0.29, 0.717) is 51.2 Å². The third-order valence-electron chi connectivity index (χ3n) is 15.2. The van der Waals surface area contributed by atoms with Crippen LogP contribution in [0.5, 0.6) is 0 Å². The summed E-state index contributed by atoms with van der Waals surface area (Å²) >= 11 is 0. The number of imidazole rings is 2. The van der Waals surface area contributed by atoms with Crippen molar-refractivity contribution in [1.29, 1.82) is 0 Å². The van der Waals surface area contributed by atoms with Gasteiger partial charge in [0, 0.05) is 127 Å². The number of unbranched alkanes of at least 4 members (excludes halogenated alkanes) is 4. The average Bonchev–Trinajstić information content (AvgIpc) is 4.36. The van der Waals surface area contributed by atoms with Gasteiger partial charge < -0.3 is 69.7 Å². The number of carbonyl (C=O) groups excluding carboxylic acids is 2. The van der Waals surface area contributed by atoms with Crippen molar-refractivity contribution in [2.24, 2.45) is 0 Å². The largest absolute Gasteiger partial charge is 0.481 e. The molecule has 23 heteroatoms. The highest BCUT2D eigenvalue weighted by Crippen LogP contribution is 2.32. The zero-order valence-electron chi connectivity index (χ0n) is 53.2. The van der Waals surface area contributed by atoms with E-state index in [-0.39, 0.29) is 39.5 Å². The van der Waals surface area contributed by atoms with Gasteiger partial charge in [0.25, 0.3) is 0 Å². The van der Waals surface area contributed by atoms with Gasteiger partial charge in [0.1, 0.15) is 56.6 Å². The van der Waals surface area contributed by atoms with Crippen LogP contribution in [0.3, 0.4) is 0 Å². The Bertz CT molecular complexity index is 3110. The molecule has 0 radical (unpaired) electrons. The molecule has 6 heterocycles. The summed E-state index contributed by atoms with van der Waals surface area (Å²) in [5.74, 6) is 1.80. The molecular formula is C65H103N13O10. The molecule has 88 heavy (non-hydrogen) atoms. The number of hydrogen-bond acceptors (Lipinski definition) is 19. The number of H-pyrrole nitrogens is 2. The summed E-state index contributed by atoms with van der Waals surface area (Å²) < 4.78 is 33.6. The number of anilines is 4.